The third-order valence-corrected chi connectivity index (χ3v) is 5.37. The number of halogens is 1. The Hall–Kier alpha value is -3.32. The molecule has 0 fully saturated rings. The van der Waals surface area contributed by atoms with Crippen LogP contribution in [-0.2, 0) is 11.3 Å². The SMILES string of the molecule is Cc1noc(C)c1CN1C(=O)C(C)Oc2ccc(NC(=O)c3ccccc3Cl)cc21. The molecule has 0 bridgehead atoms. The van der Waals surface area contributed by atoms with Gasteiger partial charge in [0.05, 0.1) is 28.5 Å². The Balaban J connectivity index is 1.67. The van der Waals surface area contributed by atoms with Gasteiger partial charge in [0.15, 0.2) is 6.10 Å². The third-order valence-electron chi connectivity index (χ3n) is 5.04. The minimum absolute atomic E-state index is 0.183. The summed E-state index contributed by atoms with van der Waals surface area (Å²) in [6, 6.07) is 12.0. The lowest BCUT2D eigenvalue weighted by atomic mass is 10.1. The normalized spacial score (nSPS) is 15.5. The van der Waals surface area contributed by atoms with Gasteiger partial charge in [0.1, 0.15) is 11.5 Å². The maximum atomic E-state index is 12.9. The van der Waals surface area contributed by atoms with E-state index in [2.05, 4.69) is 10.5 Å². The second-order valence-electron chi connectivity index (χ2n) is 7.10. The number of hydrogen-bond donors (Lipinski definition) is 1. The molecule has 0 radical (unpaired) electrons. The molecule has 0 saturated heterocycles. The molecule has 0 saturated carbocycles. The van der Waals surface area contributed by atoms with Crippen LogP contribution in [0.25, 0.3) is 0 Å². The molecule has 30 heavy (non-hydrogen) atoms. The van der Waals surface area contributed by atoms with Gasteiger partial charge in [0, 0.05) is 11.3 Å². The summed E-state index contributed by atoms with van der Waals surface area (Å²) in [4.78, 5) is 27.1. The van der Waals surface area contributed by atoms with Crippen LogP contribution >= 0.6 is 11.6 Å². The molecule has 154 valence electrons. The van der Waals surface area contributed by atoms with Crippen molar-refractivity contribution in [2.75, 3.05) is 10.2 Å². The standard InChI is InChI=1S/C22H20ClN3O4/c1-12-17(13(2)30-25-12)11-26-19-10-15(8-9-20(19)29-14(3)22(26)28)24-21(27)16-6-4-5-7-18(16)23/h4-10,14H,11H2,1-3H3,(H,24,27). The lowest BCUT2D eigenvalue weighted by Gasteiger charge is -2.33. The molecule has 1 N–H and O–H groups in total. The van der Waals surface area contributed by atoms with Crippen molar-refractivity contribution in [2.45, 2.75) is 33.4 Å². The highest BCUT2D eigenvalue weighted by molar-refractivity contribution is 6.34. The number of hydrogen-bond acceptors (Lipinski definition) is 5. The highest BCUT2D eigenvalue weighted by Gasteiger charge is 2.33. The monoisotopic (exact) mass is 425 g/mol. The van der Waals surface area contributed by atoms with E-state index in [0.29, 0.717) is 40.0 Å². The largest absolute Gasteiger partial charge is 0.479 e. The second kappa shape index (κ2) is 7.84. The summed E-state index contributed by atoms with van der Waals surface area (Å²) in [5.41, 5.74) is 3.02. The van der Waals surface area contributed by atoms with E-state index in [1.165, 1.54) is 0 Å². The van der Waals surface area contributed by atoms with Crippen molar-refractivity contribution in [1.29, 1.82) is 0 Å². The summed E-state index contributed by atoms with van der Waals surface area (Å²) in [5, 5.41) is 7.16. The maximum Gasteiger partial charge on any atom is 0.268 e. The van der Waals surface area contributed by atoms with Crippen LogP contribution < -0.4 is 15.0 Å². The Morgan fingerprint density at radius 2 is 2.00 bits per heavy atom. The number of nitrogens with one attached hydrogen (secondary N) is 1. The number of amides is 2. The molecule has 1 atom stereocenters. The van der Waals surface area contributed by atoms with E-state index >= 15 is 0 Å². The number of fused-ring (bicyclic) bond motifs is 1. The van der Waals surface area contributed by atoms with Gasteiger partial charge in [-0.15, -0.1) is 0 Å². The van der Waals surface area contributed by atoms with Crippen LogP contribution in [-0.4, -0.2) is 23.1 Å². The van der Waals surface area contributed by atoms with Gasteiger partial charge in [-0.3, -0.25) is 9.59 Å². The highest BCUT2D eigenvalue weighted by Crippen LogP contribution is 2.38. The molecule has 8 heteroatoms. The van der Waals surface area contributed by atoms with Crippen LogP contribution in [0.15, 0.2) is 47.0 Å². The first-order valence-electron chi connectivity index (χ1n) is 9.45. The van der Waals surface area contributed by atoms with Crippen LogP contribution in [0.1, 0.15) is 34.3 Å². The molecule has 2 heterocycles. The Bertz CT molecular complexity index is 1120. The van der Waals surface area contributed by atoms with Gasteiger partial charge in [0.2, 0.25) is 0 Å². The summed E-state index contributed by atoms with van der Waals surface area (Å²) in [6.07, 6.45) is -0.624. The topological polar surface area (TPSA) is 84.7 Å². The molecule has 7 nitrogen and oxygen atoms in total. The van der Waals surface area contributed by atoms with Gasteiger partial charge in [0.25, 0.3) is 11.8 Å². The molecular formula is C22H20ClN3O4. The van der Waals surface area contributed by atoms with Gasteiger partial charge in [-0.2, -0.15) is 0 Å². The molecule has 2 aromatic carbocycles. The number of nitrogens with zero attached hydrogens (tertiary/aromatic N) is 2. The second-order valence-corrected chi connectivity index (χ2v) is 7.51. The van der Waals surface area contributed by atoms with Gasteiger partial charge in [-0.05, 0) is 51.1 Å². The first-order chi connectivity index (χ1) is 14.3. The summed E-state index contributed by atoms with van der Waals surface area (Å²) in [5.74, 6) is 0.695. The Labute approximate surface area is 178 Å². The molecule has 0 spiro atoms. The summed E-state index contributed by atoms with van der Waals surface area (Å²) < 4.78 is 11.0. The van der Waals surface area contributed by atoms with Crippen molar-refractivity contribution in [3.63, 3.8) is 0 Å². The van der Waals surface area contributed by atoms with E-state index in [1.54, 1.807) is 54.3 Å². The summed E-state index contributed by atoms with van der Waals surface area (Å²) in [6.45, 7) is 5.65. The minimum atomic E-state index is -0.624. The molecule has 1 unspecified atom stereocenters. The van der Waals surface area contributed by atoms with E-state index in [-0.39, 0.29) is 11.8 Å². The number of benzene rings is 2. The molecule has 3 aromatic rings. The zero-order valence-electron chi connectivity index (χ0n) is 16.7. The van der Waals surface area contributed by atoms with Gasteiger partial charge in [-0.25, -0.2) is 0 Å². The molecule has 1 aromatic heterocycles. The number of aromatic nitrogens is 1. The number of ether oxygens (including phenoxy) is 1. The summed E-state index contributed by atoms with van der Waals surface area (Å²) in [7, 11) is 0. The van der Waals surface area contributed by atoms with Crippen LogP contribution in [0.2, 0.25) is 5.02 Å². The van der Waals surface area contributed by atoms with E-state index in [1.807, 2.05) is 13.8 Å². The number of aryl methyl sites for hydroxylation is 2. The average Bonchev–Trinajstić information content (AvgIpc) is 3.04. The molecular weight excluding hydrogens is 406 g/mol. The fraction of sp³-hybridized carbons (Fsp3) is 0.227. The number of anilines is 2. The van der Waals surface area contributed by atoms with Crippen molar-refractivity contribution in [2.24, 2.45) is 0 Å². The average molecular weight is 426 g/mol. The lowest BCUT2D eigenvalue weighted by molar-refractivity contribution is -0.125. The van der Waals surface area contributed by atoms with Crippen LogP contribution in [0.5, 0.6) is 5.75 Å². The maximum absolute atomic E-state index is 12.9. The zero-order valence-corrected chi connectivity index (χ0v) is 17.5. The first kappa shape index (κ1) is 20.0. The molecule has 0 aliphatic carbocycles. The molecule has 4 rings (SSSR count). The van der Waals surface area contributed by atoms with Crippen molar-refractivity contribution in [1.82, 2.24) is 5.16 Å². The van der Waals surface area contributed by atoms with Crippen LogP contribution in [0.3, 0.4) is 0 Å². The quantitative estimate of drug-likeness (QED) is 0.664. The number of carbonyl (C=O) groups excluding carboxylic acids is 2. The molecule has 1 aliphatic heterocycles. The Morgan fingerprint density at radius 1 is 1.23 bits per heavy atom. The predicted octanol–water partition coefficient (Wildman–Crippen LogP) is 4.51. The van der Waals surface area contributed by atoms with Crippen LogP contribution in [0.4, 0.5) is 11.4 Å². The fourth-order valence-electron chi connectivity index (χ4n) is 3.38. The molecule has 2 amide bonds. The van der Waals surface area contributed by atoms with Crippen LogP contribution in [0, 0.1) is 13.8 Å². The van der Waals surface area contributed by atoms with E-state index in [0.717, 1.165) is 11.3 Å². The molecule has 1 aliphatic rings. The van der Waals surface area contributed by atoms with Crippen molar-refractivity contribution >= 4 is 34.8 Å². The first-order valence-corrected chi connectivity index (χ1v) is 9.82. The Morgan fingerprint density at radius 3 is 2.70 bits per heavy atom. The highest BCUT2D eigenvalue weighted by atomic mass is 35.5. The smallest absolute Gasteiger partial charge is 0.268 e. The van der Waals surface area contributed by atoms with E-state index in [4.69, 9.17) is 20.9 Å². The predicted molar refractivity (Wildman–Crippen MR) is 113 cm³/mol. The number of carbonyl (C=O) groups is 2. The third kappa shape index (κ3) is 3.64. The zero-order chi connectivity index (χ0) is 21.4. The Kier molecular flexibility index (Phi) is 5.22. The van der Waals surface area contributed by atoms with Crippen molar-refractivity contribution in [3.8, 4) is 5.75 Å². The van der Waals surface area contributed by atoms with Gasteiger partial charge < -0.3 is 19.5 Å². The summed E-state index contributed by atoms with van der Waals surface area (Å²) >= 11 is 6.12. The van der Waals surface area contributed by atoms with E-state index in [9.17, 15) is 9.59 Å². The lowest BCUT2D eigenvalue weighted by Crippen LogP contribution is -2.44. The van der Waals surface area contributed by atoms with Gasteiger partial charge in [-0.1, -0.05) is 28.9 Å². The number of rotatable bonds is 4. The van der Waals surface area contributed by atoms with Gasteiger partial charge >= 0.3 is 0 Å². The van der Waals surface area contributed by atoms with E-state index < -0.39 is 6.10 Å². The minimum Gasteiger partial charge on any atom is -0.479 e. The van der Waals surface area contributed by atoms with Crippen molar-refractivity contribution < 1.29 is 18.8 Å². The fourth-order valence-corrected chi connectivity index (χ4v) is 3.60. The van der Waals surface area contributed by atoms with Crippen molar-refractivity contribution in [3.05, 3.63) is 70.1 Å².